The highest BCUT2D eigenvalue weighted by Gasteiger charge is 2.18. The molecule has 0 fully saturated rings. The van der Waals surface area contributed by atoms with Crippen molar-refractivity contribution in [2.45, 2.75) is 19.4 Å². The quantitative estimate of drug-likeness (QED) is 0.759. The fraction of sp³-hybridized carbons (Fsp3) is 0.429. The average Bonchev–Trinajstić information content (AvgIpc) is 2.43. The molecule has 1 unspecified atom stereocenters. The van der Waals surface area contributed by atoms with E-state index in [2.05, 4.69) is 5.32 Å². The minimum absolute atomic E-state index is 0.0476. The van der Waals surface area contributed by atoms with Gasteiger partial charge in [0.2, 0.25) is 5.91 Å². The molecule has 1 aromatic carbocycles. The van der Waals surface area contributed by atoms with Gasteiger partial charge in [-0.25, -0.2) is 4.79 Å². The first-order valence-corrected chi connectivity index (χ1v) is 6.79. The molecular weight excluding hydrogens is 298 g/mol. The van der Waals surface area contributed by atoms with Crippen LogP contribution in [-0.2, 0) is 20.7 Å². The predicted octanol–water partition coefficient (Wildman–Crippen LogP) is 1.50. The average molecular weight is 316 g/mol. The number of carboxylic acid groups (broad SMARTS) is 1. The molecular formula is C14H18ClNO5. The van der Waals surface area contributed by atoms with Gasteiger partial charge in [0.05, 0.1) is 24.6 Å². The second kappa shape index (κ2) is 8.49. The van der Waals surface area contributed by atoms with Crippen LogP contribution in [0.15, 0.2) is 18.2 Å². The maximum Gasteiger partial charge on any atom is 0.334 e. The highest BCUT2D eigenvalue weighted by atomic mass is 35.5. The Hall–Kier alpha value is -1.79. The summed E-state index contributed by atoms with van der Waals surface area (Å²) < 4.78 is 10.2. The number of hydrogen-bond acceptors (Lipinski definition) is 4. The van der Waals surface area contributed by atoms with Gasteiger partial charge in [-0.2, -0.15) is 0 Å². The van der Waals surface area contributed by atoms with Crippen LogP contribution in [0.25, 0.3) is 0 Å². The lowest BCUT2D eigenvalue weighted by atomic mass is 10.1. The first-order chi connectivity index (χ1) is 9.99. The monoisotopic (exact) mass is 315 g/mol. The molecule has 2 N–H and O–H groups in total. The van der Waals surface area contributed by atoms with Crippen molar-refractivity contribution in [3.8, 4) is 5.75 Å². The van der Waals surface area contributed by atoms with E-state index in [1.807, 2.05) is 6.92 Å². The highest BCUT2D eigenvalue weighted by molar-refractivity contribution is 6.32. The van der Waals surface area contributed by atoms with Gasteiger partial charge in [0.25, 0.3) is 0 Å². The zero-order valence-corrected chi connectivity index (χ0v) is 12.6. The van der Waals surface area contributed by atoms with Crippen LogP contribution in [0.4, 0.5) is 0 Å². The molecule has 1 atom stereocenters. The van der Waals surface area contributed by atoms with Crippen LogP contribution in [0, 0.1) is 0 Å². The van der Waals surface area contributed by atoms with E-state index in [0.717, 1.165) is 0 Å². The van der Waals surface area contributed by atoms with Gasteiger partial charge in [-0.1, -0.05) is 23.7 Å². The third kappa shape index (κ3) is 5.24. The van der Waals surface area contributed by atoms with Crippen LogP contribution < -0.4 is 10.1 Å². The molecule has 0 aromatic heterocycles. The predicted molar refractivity (Wildman–Crippen MR) is 77.8 cm³/mol. The second-order valence-corrected chi connectivity index (χ2v) is 4.61. The number of carbonyl (C=O) groups excluding carboxylic acids is 1. The van der Waals surface area contributed by atoms with Gasteiger partial charge in [-0.15, -0.1) is 0 Å². The molecule has 0 saturated carbocycles. The normalized spacial score (nSPS) is 11.8. The van der Waals surface area contributed by atoms with E-state index in [1.54, 1.807) is 18.2 Å². The molecule has 0 radical (unpaired) electrons. The maximum atomic E-state index is 11.9. The first kappa shape index (κ1) is 17.3. The lowest BCUT2D eigenvalue weighted by molar-refractivity contribution is -0.148. The third-order valence-corrected chi connectivity index (χ3v) is 3.03. The molecule has 6 nitrogen and oxygen atoms in total. The summed E-state index contributed by atoms with van der Waals surface area (Å²) in [5, 5.41) is 11.8. The van der Waals surface area contributed by atoms with Gasteiger partial charge in [-0.3, -0.25) is 4.79 Å². The lowest BCUT2D eigenvalue weighted by Gasteiger charge is -2.14. The number of carbonyl (C=O) groups is 2. The molecule has 0 spiro atoms. The van der Waals surface area contributed by atoms with Crippen molar-refractivity contribution < 1.29 is 24.2 Å². The number of para-hydroxylation sites is 1. The zero-order valence-electron chi connectivity index (χ0n) is 11.9. The fourth-order valence-electron chi connectivity index (χ4n) is 1.71. The Balaban J connectivity index is 2.67. The van der Waals surface area contributed by atoms with Crippen LogP contribution in [0.3, 0.4) is 0 Å². The summed E-state index contributed by atoms with van der Waals surface area (Å²) in [4.78, 5) is 22.6. The molecule has 0 heterocycles. The van der Waals surface area contributed by atoms with Crippen LogP contribution >= 0.6 is 11.6 Å². The van der Waals surface area contributed by atoms with E-state index in [0.29, 0.717) is 22.9 Å². The molecule has 116 valence electrons. The summed E-state index contributed by atoms with van der Waals surface area (Å²) in [7, 11) is 1.27. The van der Waals surface area contributed by atoms with Gasteiger partial charge >= 0.3 is 5.97 Å². The van der Waals surface area contributed by atoms with Crippen LogP contribution in [0.1, 0.15) is 12.5 Å². The number of rotatable bonds is 8. The molecule has 0 aliphatic rings. The number of nitrogens with one attached hydrogen (secondary N) is 1. The summed E-state index contributed by atoms with van der Waals surface area (Å²) in [6, 6.07) is 5.14. The van der Waals surface area contributed by atoms with Crippen LogP contribution in [-0.4, -0.2) is 43.3 Å². The van der Waals surface area contributed by atoms with Crippen LogP contribution in [0.2, 0.25) is 5.02 Å². The molecule has 21 heavy (non-hydrogen) atoms. The maximum absolute atomic E-state index is 11.9. The Morgan fingerprint density at radius 3 is 2.71 bits per heavy atom. The Kier molecular flexibility index (Phi) is 6.98. The standard InChI is InChI=1S/C14H18ClNO5/c1-3-21-13-9(5-4-6-10(13)15)7-12(17)16-8-11(20-2)14(18)19/h4-6,11H,3,7-8H2,1-2H3,(H,16,17)(H,18,19). The number of carboxylic acids is 1. The van der Waals surface area contributed by atoms with Crippen molar-refractivity contribution in [1.29, 1.82) is 0 Å². The summed E-state index contributed by atoms with van der Waals surface area (Å²) in [5.74, 6) is -0.990. The van der Waals surface area contributed by atoms with E-state index in [4.69, 9.17) is 26.2 Å². The Labute approximate surface area is 128 Å². The fourth-order valence-corrected chi connectivity index (χ4v) is 1.96. The van der Waals surface area contributed by atoms with Crippen molar-refractivity contribution in [2.24, 2.45) is 0 Å². The highest BCUT2D eigenvalue weighted by Crippen LogP contribution is 2.28. The van der Waals surface area contributed by atoms with E-state index in [1.165, 1.54) is 7.11 Å². The van der Waals surface area contributed by atoms with Crippen molar-refractivity contribution >= 4 is 23.5 Å². The minimum atomic E-state index is -1.13. The van der Waals surface area contributed by atoms with E-state index < -0.39 is 12.1 Å². The lowest BCUT2D eigenvalue weighted by Crippen LogP contribution is -2.38. The Morgan fingerprint density at radius 2 is 2.14 bits per heavy atom. The summed E-state index contributed by atoms with van der Waals surface area (Å²) in [5.41, 5.74) is 0.645. The smallest absolute Gasteiger partial charge is 0.334 e. The molecule has 0 saturated heterocycles. The van der Waals surface area contributed by atoms with E-state index in [9.17, 15) is 9.59 Å². The number of methoxy groups -OCH3 is 1. The van der Waals surface area contributed by atoms with Crippen molar-refractivity contribution in [3.63, 3.8) is 0 Å². The Bertz CT molecular complexity index is 506. The Morgan fingerprint density at radius 1 is 1.43 bits per heavy atom. The van der Waals surface area contributed by atoms with Gasteiger partial charge in [-0.05, 0) is 13.0 Å². The summed E-state index contributed by atoms with van der Waals surface area (Å²) in [6.07, 6.45) is -1.02. The molecule has 7 heteroatoms. The summed E-state index contributed by atoms with van der Waals surface area (Å²) in [6.45, 7) is 2.15. The minimum Gasteiger partial charge on any atom is -0.492 e. The van der Waals surface area contributed by atoms with Gasteiger partial charge in [0.15, 0.2) is 6.10 Å². The van der Waals surface area contributed by atoms with Gasteiger partial charge < -0.3 is 19.9 Å². The molecule has 1 aromatic rings. The number of amides is 1. The topological polar surface area (TPSA) is 84.9 Å². The van der Waals surface area contributed by atoms with E-state index in [-0.39, 0.29) is 18.9 Å². The SMILES string of the molecule is CCOc1c(Cl)cccc1CC(=O)NCC(OC)C(=O)O. The summed E-state index contributed by atoms with van der Waals surface area (Å²) >= 11 is 6.03. The number of ether oxygens (including phenoxy) is 2. The molecule has 1 amide bonds. The first-order valence-electron chi connectivity index (χ1n) is 6.42. The molecule has 0 aliphatic carbocycles. The zero-order chi connectivity index (χ0) is 15.8. The van der Waals surface area contributed by atoms with Gasteiger partial charge in [0, 0.05) is 12.7 Å². The van der Waals surface area contributed by atoms with Crippen LogP contribution in [0.5, 0.6) is 5.75 Å². The number of hydrogen-bond donors (Lipinski definition) is 2. The molecule has 1 rings (SSSR count). The van der Waals surface area contributed by atoms with Crippen molar-refractivity contribution in [1.82, 2.24) is 5.32 Å². The largest absolute Gasteiger partial charge is 0.492 e. The van der Waals surface area contributed by atoms with Gasteiger partial charge in [0.1, 0.15) is 5.75 Å². The second-order valence-electron chi connectivity index (χ2n) is 4.20. The number of halogens is 1. The van der Waals surface area contributed by atoms with Crippen molar-refractivity contribution in [3.05, 3.63) is 28.8 Å². The van der Waals surface area contributed by atoms with E-state index >= 15 is 0 Å². The molecule has 0 bridgehead atoms. The number of benzene rings is 1. The van der Waals surface area contributed by atoms with Crippen molar-refractivity contribution in [2.75, 3.05) is 20.3 Å². The number of aliphatic carboxylic acids is 1. The third-order valence-electron chi connectivity index (χ3n) is 2.73. The molecule has 0 aliphatic heterocycles.